The fourth-order valence-electron chi connectivity index (χ4n) is 3.07. The van der Waals surface area contributed by atoms with Gasteiger partial charge in [-0.25, -0.2) is 0 Å². The van der Waals surface area contributed by atoms with Crippen LogP contribution in [0.4, 0.5) is 0 Å². The predicted molar refractivity (Wildman–Crippen MR) is 84.5 cm³/mol. The van der Waals surface area contributed by atoms with Crippen molar-refractivity contribution in [3.63, 3.8) is 0 Å². The smallest absolute Gasteiger partial charge is 0.106 e. The van der Waals surface area contributed by atoms with Gasteiger partial charge in [0.15, 0.2) is 0 Å². The summed E-state index contributed by atoms with van der Waals surface area (Å²) < 4.78 is 5.72. The van der Waals surface area contributed by atoms with E-state index in [9.17, 15) is 0 Å². The van der Waals surface area contributed by atoms with E-state index in [4.69, 9.17) is 4.42 Å². The van der Waals surface area contributed by atoms with Gasteiger partial charge in [-0.3, -0.25) is 0 Å². The second-order valence-electron chi connectivity index (χ2n) is 5.76. The van der Waals surface area contributed by atoms with Crippen molar-refractivity contribution in [3.05, 3.63) is 57.0 Å². The summed E-state index contributed by atoms with van der Waals surface area (Å²) in [6.07, 6.45) is 0. The van der Waals surface area contributed by atoms with Crippen LogP contribution in [0.25, 0.3) is 0 Å². The molecule has 0 amide bonds. The van der Waals surface area contributed by atoms with Crippen LogP contribution in [-0.2, 0) is 0 Å². The first-order valence-electron chi connectivity index (χ1n) is 7.18. The first-order chi connectivity index (χ1) is 9.36. The summed E-state index contributed by atoms with van der Waals surface area (Å²) in [7, 11) is 2.02. The number of hydrogen-bond donors (Lipinski definition) is 1. The maximum Gasteiger partial charge on any atom is 0.106 e. The first-order valence-corrected chi connectivity index (χ1v) is 7.18. The molecule has 0 saturated heterocycles. The summed E-state index contributed by atoms with van der Waals surface area (Å²) in [6.45, 7) is 12.8. The Kier molecular flexibility index (Phi) is 4.05. The van der Waals surface area contributed by atoms with E-state index in [1.165, 1.54) is 33.4 Å². The molecule has 1 aromatic heterocycles. The van der Waals surface area contributed by atoms with Crippen LogP contribution in [0, 0.1) is 41.5 Å². The summed E-state index contributed by atoms with van der Waals surface area (Å²) in [5.41, 5.74) is 8.05. The van der Waals surface area contributed by atoms with Gasteiger partial charge >= 0.3 is 0 Å². The van der Waals surface area contributed by atoms with Gasteiger partial charge in [0.2, 0.25) is 0 Å². The van der Waals surface area contributed by atoms with Crippen LogP contribution in [0.2, 0.25) is 0 Å². The van der Waals surface area contributed by atoms with Crippen molar-refractivity contribution in [1.29, 1.82) is 0 Å². The molecule has 1 atom stereocenters. The van der Waals surface area contributed by atoms with E-state index in [0.717, 1.165) is 11.5 Å². The van der Waals surface area contributed by atoms with Gasteiger partial charge in [-0.2, -0.15) is 0 Å². The van der Waals surface area contributed by atoms with Crippen molar-refractivity contribution >= 4 is 0 Å². The zero-order chi connectivity index (χ0) is 15.0. The number of benzene rings is 1. The Balaban J connectivity index is 2.67. The zero-order valence-electron chi connectivity index (χ0n) is 13.6. The van der Waals surface area contributed by atoms with E-state index in [1.807, 2.05) is 20.9 Å². The molecule has 0 aliphatic rings. The predicted octanol–water partition coefficient (Wildman–Crippen LogP) is 4.44. The largest absolute Gasteiger partial charge is 0.466 e. The average molecular weight is 271 g/mol. The molecule has 0 aliphatic heterocycles. The molecule has 0 saturated carbocycles. The number of hydrogen-bond acceptors (Lipinski definition) is 2. The summed E-state index contributed by atoms with van der Waals surface area (Å²) in [6, 6.07) is 4.60. The summed E-state index contributed by atoms with van der Waals surface area (Å²) in [5.74, 6) is 1.97. The molecule has 0 radical (unpaired) electrons. The van der Waals surface area contributed by atoms with Gasteiger partial charge in [0.05, 0.1) is 6.04 Å². The van der Waals surface area contributed by atoms with Gasteiger partial charge in [-0.1, -0.05) is 6.07 Å². The average Bonchev–Trinajstić information content (AvgIpc) is 2.71. The van der Waals surface area contributed by atoms with Gasteiger partial charge in [-0.15, -0.1) is 0 Å². The van der Waals surface area contributed by atoms with Crippen molar-refractivity contribution in [3.8, 4) is 0 Å². The third kappa shape index (κ3) is 2.40. The highest BCUT2D eigenvalue weighted by molar-refractivity contribution is 5.49. The van der Waals surface area contributed by atoms with E-state index in [1.54, 1.807) is 0 Å². The molecule has 1 unspecified atom stereocenters. The maximum atomic E-state index is 5.72. The lowest BCUT2D eigenvalue weighted by atomic mass is 9.87. The number of aryl methyl sites for hydroxylation is 4. The molecule has 0 aliphatic carbocycles. The van der Waals surface area contributed by atoms with Gasteiger partial charge in [0.25, 0.3) is 0 Å². The zero-order valence-corrected chi connectivity index (χ0v) is 13.6. The van der Waals surface area contributed by atoms with Crippen molar-refractivity contribution in [2.45, 2.75) is 47.6 Å². The van der Waals surface area contributed by atoms with Gasteiger partial charge in [0, 0.05) is 5.56 Å². The highest BCUT2D eigenvalue weighted by atomic mass is 16.3. The molecule has 2 nitrogen and oxygen atoms in total. The van der Waals surface area contributed by atoms with E-state index in [0.29, 0.717) is 0 Å². The van der Waals surface area contributed by atoms with Crippen molar-refractivity contribution in [2.75, 3.05) is 7.05 Å². The lowest BCUT2D eigenvalue weighted by molar-refractivity contribution is 0.496. The Hall–Kier alpha value is -1.54. The Bertz CT molecular complexity index is 611. The summed E-state index contributed by atoms with van der Waals surface area (Å²) in [4.78, 5) is 0. The standard InChI is InChI=1S/C18H25NO/c1-10-8-11(2)14(5)17(13(10)4)18(19-7)16-9-12(3)20-15(16)6/h8-9,18-19H,1-7H3. The summed E-state index contributed by atoms with van der Waals surface area (Å²) >= 11 is 0. The Morgan fingerprint density at radius 2 is 1.45 bits per heavy atom. The minimum absolute atomic E-state index is 0.186. The molecule has 2 heteroatoms. The molecule has 1 N–H and O–H groups in total. The SMILES string of the molecule is CNC(c1cc(C)oc1C)c1c(C)c(C)cc(C)c1C. The highest BCUT2D eigenvalue weighted by Crippen LogP contribution is 2.33. The van der Waals surface area contributed by atoms with Gasteiger partial charge in [0.1, 0.15) is 11.5 Å². The lowest BCUT2D eigenvalue weighted by Gasteiger charge is -2.23. The first kappa shape index (κ1) is 14.9. The Labute approximate surface area is 122 Å². The summed E-state index contributed by atoms with van der Waals surface area (Å²) in [5, 5.41) is 3.46. The molecule has 108 valence electrons. The molecule has 1 aromatic carbocycles. The quantitative estimate of drug-likeness (QED) is 0.893. The number of rotatable bonds is 3. The minimum Gasteiger partial charge on any atom is -0.466 e. The highest BCUT2D eigenvalue weighted by Gasteiger charge is 2.22. The van der Waals surface area contributed by atoms with Gasteiger partial charge < -0.3 is 9.73 Å². The molecule has 2 aromatic rings. The normalized spacial score (nSPS) is 12.8. The molecule has 1 heterocycles. The molecular weight excluding hydrogens is 246 g/mol. The molecule has 0 spiro atoms. The second-order valence-corrected chi connectivity index (χ2v) is 5.76. The number of furan rings is 1. The van der Waals surface area contributed by atoms with Crippen molar-refractivity contribution in [1.82, 2.24) is 5.32 Å². The van der Waals surface area contributed by atoms with E-state index < -0.39 is 0 Å². The Morgan fingerprint density at radius 1 is 0.900 bits per heavy atom. The molecular formula is C18H25NO. The molecule has 0 fully saturated rings. The van der Waals surface area contributed by atoms with Crippen molar-refractivity contribution < 1.29 is 4.42 Å². The molecule has 20 heavy (non-hydrogen) atoms. The van der Waals surface area contributed by atoms with Crippen LogP contribution < -0.4 is 5.32 Å². The lowest BCUT2D eigenvalue weighted by Crippen LogP contribution is -2.21. The monoisotopic (exact) mass is 271 g/mol. The van der Waals surface area contributed by atoms with Gasteiger partial charge in [-0.05, 0) is 82.5 Å². The fraction of sp³-hybridized carbons (Fsp3) is 0.444. The number of nitrogens with one attached hydrogen (secondary N) is 1. The van der Waals surface area contributed by atoms with Crippen LogP contribution in [0.3, 0.4) is 0 Å². The van der Waals surface area contributed by atoms with E-state index >= 15 is 0 Å². The van der Waals surface area contributed by atoms with Crippen LogP contribution in [0.5, 0.6) is 0 Å². The van der Waals surface area contributed by atoms with Crippen LogP contribution in [-0.4, -0.2) is 7.05 Å². The van der Waals surface area contributed by atoms with Crippen LogP contribution in [0.15, 0.2) is 16.5 Å². The second kappa shape index (κ2) is 5.45. The van der Waals surface area contributed by atoms with Crippen molar-refractivity contribution in [2.24, 2.45) is 0 Å². The minimum atomic E-state index is 0.186. The van der Waals surface area contributed by atoms with E-state index in [-0.39, 0.29) is 6.04 Å². The van der Waals surface area contributed by atoms with E-state index in [2.05, 4.69) is 45.1 Å². The third-order valence-corrected chi connectivity index (χ3v) is 4.39. The fourth-order valence-corrected chi connectivity index (χ4v) is 3.07. The topological polar surface area (TPSA) is 25.2 Å². The maximum absolute atomic E-state index is 5.72. The van der Waals surface area contributed by atoms with Crippen LogP contribution >= 0.6 is 0 Å². The third-order valence-electron chi connectivity index (χ3n) is 4.39. The molecule has 0 bridgehead atoms. The van der Waals surface area contributed by atoms with Crippen LogP contribution in [0.1, 0.15) is 50.9 Å². The Morgan fingerprint density at radius 3 is 1.85 bits per heavy atom. The molecule has 2 rings (SSSR count).